The second-order valence-corrected chi connectivity index (χ2v) is 9.21. The second kappa shape index (κ2) is 8.97. The molecule has 2 aliphatic rings. The van der Waals surface area contributed by atoms with Gasteiger partial charge in [0.1, 0.15) is 23.2 Å². The van der Waals surface area contributed by atoms with Crippen molar-refractivity contribution in [2.24, 2.45) is 0 Å². The number of amides is 1. The molecule has 2 heterocycles. The largest absolute Gasteiger partial charge is 0.496 e. The van der Waals surface area contributed by atoms with Gasteiger partial charge in [-0.25, -0.2) is 9.97 Å². The van der Waals surface area contributed by atoms with Gasteiger partial charge in [-0.05, 0) is 44.9 Å². The molecule has 176 valence electrons. The monoisotopic (exact) mass is 457 g/mol. The molecular weight excluding hydrogens is 426 g/mol. The number of ether oxygens (including phenoxy) is 1. The highest BCUT2D eigenvalue weighted by Crippen LogP contribution is 2.52. The van der Waals surface area contributed by atoms with Crippen molar-refractivity contribution in [2.45, 2.75) is 32.1 Å². The Bertz CT molecular complexity index is 1180. The number of anilines is 3. The van der Waals surface area contributed by atoms with Gasteiger partial charge in [0.25, 0.3) is 0 Å². The molecule has 7 nitrogen and oxygen atoms in total. The summed E-state index contributed by atoms with van der Waals surface area (Å²) in [5, 5.41) is 3.38. The van der Waals surface area contributed by atoms with Crippen molar-refractivity contribution in [2.75, 3.05) is 43.5 Å². The number of carbonyl (C=O) groups is 1. The van der Waals surface area contributed by atoms with Crippen molar-refractivity contribution in [1.29, 1.82) is 0 Å². The maximum absolute atomic E-state index is 13.5. The van der Waals surface area contributed by atoms with E-state index in [-0.39, 0.29) is 5.91 Å². The first-order valence-corrected chi connectivity index (χ1v) is 11.9. The fourth-order valence-electron chi connectivity index (χ4n) is 4.77. The maximum Gasteiger partial charge on any atom is 0.233 e. The SMILES string of the molecule is COc1ccccc1C1(C(=O)N2CCN(c3cc(Nc4ccc(C)cc4)nc(C)n3)CC2)CC1. The van der Waals surface area contributed by atoms with Crippen LogP contribution in [0.25, 0.3) is 0 Å². The zero-order valence-electron chi connectivity index (χ0n) is 20.0. The number of hydrogen-bond acceptors (Lipinski definition) is 6. The number of benzene rings is 2. The average molecular weight is 458 g/mol. The van der Waals surface area contributed by atoms with Gasteiger partial charge in [0, 0.05) is 43.5 Å². The topological polar surface area (TPSA) is 70.6 Å². The van der Waals surface area contributed by atoms with Gasteiger partial charge in [-0.1, -0.05) is 35.9 Å². The minimum Gasteiger partial charge on any atom is -0.496 e. The van der Waals surface area contributed by atoms with E-state index in [4.69, 9.17) is 4.74 Å². The molecule has 0 unspecified atom stereocenters. The maximum atomic E-state index is 13.5. The molecule has 34 heavy (non-hydrogen) atoms. The lowest BCUT2D eigenvalue weighted by atomic mass is 9.93. The van der Waals surface area contributed by atoms with Crippen LogP contribution in [-0.2, 0) is 10.2 Å². The van der Waals surface area contributed by atoms with Crippen LogP contribution in [0.4, 0.5) is 17.3 Å². The summed E-state index contributed by atoms with van der Waals surface area (Å²) >= 11 is 0. The number of methoxy groups -OCH3 is 1. The summed E-state index contributed by atoms with van der Waals surface area (Å²) in [4.78, 5) is 27.0. The molecule has 1 aliphatic carbocycles. The lowest BCUT2D eigenvalue weighted by Crippen LogP contribution is -2.51. The Morgan fingerprint density at radius 3 is 2.35 bits per heavy atom. The number of piperazine rings is 1. The number of nitrogens with zero attached hydrogens (tertiary/aromatic N) is 4. The van der Waals surface area contributed by atoms with Crippen LogP contribution in [0, 0.1) is 13.8 Å². The molecule has 1 saturated heterocycles. The number of aromatic nitrogens is 2. The third-order valence-electron chi connectivity index (χ3n) is 6.82. The van der Waals surface area contributed by atoms with Gasteiger partial charge in [-0.2, -0.15) is 0 Å². The van der Waals surface area contributed by atoms with Crippen LogP contribution in [0.1, 0.15) is 29.8 Å². The molecule has 2 fully saturated rings. The highest BCUT2D eigenvalue weighted by molar-refractivity contribution is 5.92. The Kier molecular flexibility index (Phi) is 5.86. The summed E-state index contributed by atoms with van der Waals surface area (Å²) in [6, 6.07) is 18.2. The Morgan fingerprint density at radius 1 is 0.971 bits per heavy atom. The van der Waals surface area contributed by atoms with Gasteiger partial charge in [0.05, 0.1) is 12.5 Å². The Labute approximate surface area is 200 Å². The summed E-state index contributed by atoms with van der Waals surface area (Å²) < 4.78 is 5.56. The summed E-state index contributed by atoms with van der Waals surface area (Å²) in [5.74, 6) is 3.41. The van der Waals surface area contributed by atoms with E-state index in [1.54, 1.807) is 7.11 Å². The van der Waals surface area contributed by atoms with Crippen molar-refractivity contribution in [3.8, 4) is 5.75 Å². The van der Waals surface area contributed by atoms with Crippen LogP contribution < -0.4 is 15.0 Å². The van der Waals surface area contributed by atoms with Gasteiger partial charge in [-0.15, -0.1) is 0 Å². The molecule has 7 heteroatoms. The molecule has 0 spiro atoms. The van der Waals surface area contributed by atoms with E-state index in [0.29, 0.717) is 13.1 Å². The van der Waals surface area contributed by atoms with E-state index in [0.717, 1.165) is 60.4 Å². The molecule has 3 aromatic rings. The first-order chi connectivity index (χ1) is 16.5. The smallest absolute Gasteiger partial charge is 0.233 e. The van der Waals surface area contributed by atoms with Crippen LogP contribution >= 0.6 is 0 Å². The standard InChI is InChI=1S/C27H31N5O2/c1-19-8-10-21(11-9-19)30-24-18-25(29-20(2)28-24)31-14-16-32(17-15-31)26(33)27(12-13-27)22-6-4-5-7-23(22)34-3/h4-11,18H,12-17H2,1-3H3,(H,28,29,30). The lowest BCUT2D eigenvalue weighted by molar-refractivity contribution is -0.134. The van der Waals surface area contributed by atoms with Crippen LogP contribution in [0.15, 0.2) is 54.6 Å². The van der Waals surface area contributed by atoms with Crippen molar-refractivity contribution in [1.82, 2.24) is 14.9 Å². The van der Waals surface area contributed by atoms with Gasteiger partial charge in [-0.3, -0.25) is 4.79 Å². The molecule has 1 aromatic heterocycles. The highest BCUT2D eigenvalue weighted by atomic mass is 16.5. The number of nitrogens with one attached hydrogen (secondary N) is 1. The Balaban J connectivity index is 1.27. The third kappa shape index (κ3) is 4.30. The lowest BCUT2D eigenvalue weighted by Gasteiger charge is -2.37. The number of rotatable bonds is 6. The highest BCUT2D eigenvalue weighted by Gasteiger charge is 2.54. The normalized spacial score (nSPS) is 16.8. The predicted molar refractivity (Wildman–Crippen MR) is 134 cm³/mol. The van der Waals surface area contributed by atoms with E-state index in [2.05, 4.69) is 39.2 Å². The Hall–Kier alpha value is -3.61. The van der Waals surface area contributed by atoms with E-state index in [1.807, 2.05) is 54.3 Å². The molecule has 1 N–H and O–H groups in total. The summed E-state index contributed by atoms with van der Waals surface area (Å²) in [6.45, 7) is 6.83. The third-order valence-corrected chi connectivity index (χ3v) is 6.82. The molecule has 1 saturated carbocycles. The summed E-state index contributed by atoms with van der Waals surface area (Å²) in [5.41, 5.74) is 2.81. The van der Waals surface area contributed by atoms with Gasteiger partial charge < -0.3 is 19.9 Å². The van der Waals surface area contributed by atoms with Gasteiger partial charge in [0.2, 0.25) is 5.91 Å². The first-order valence-electron chi connectivity index (χ1n) is 11.9. The van der Waals surface area contributed by atoms with E-state index in [9.17, 15) is 4.79 Å². The zero-order chi connectivity index (χ0) is 23.7. The average Bonchev–Trinajstić information content (AvgIpc) is 3.67. The predicted octanol–water partition coefficient (Wildman–Crippen LogP) is 4.23. The molecule has 5 rings (SSSR count). The molecule has 2 aromatic carbocycles. The van der Waals surface area contributed by atoms with E-state index < -0.39 is 5.41 Å². The number of aryl methyl sites for hydroxylation is 2. The molecule has 0 bridgehead atoms. The van der Waals surface area contributed by atoms with Crippen LogP contribution in [-0.4, -0.2) is 54.1 Å². The second-order valence-electron chi connectivity index (χ2n) is 9.21. The molecular formula is C27H31N5O2. The first kappa shape index (κ1) is 22.2. The van der Waals surface area contributed by atoms with Crippen LogP contribution in [0.2, 0.25) is 0 Å². The fraction of sp³-hybridized carbons (Fsp3) is 0.370. The zero-order valence-corrected chi connectivity index (χ0v) is 20.0. The summed E-state index contributed by atoms with van der Waals surface area (Å²) in [6.07, 6.45) is 1.76. The minimum atomic E-state index is -0.425. The fourth-order valence-corrected chi connectivity index (χ4v) is 4.77. The van der Waals surface area contributed by atoms with E-state index in [1.165, 1.54) is 5.56 Å². The van der Waals surface area contributed by atoms with Crippen molar-refractivity contribution >= 4 is 23.2 Å². The minimum absolute atomic E-state index is 0.220. The number of para-hydroxylation sites is 1. The van der Waals surface area contributed by atoms with Crippen molar-refractivity contribution < 1.29 is 9.53 Å². The quantitative estimate of drug-likeness (QED) is 0.598. The summed E-state index contributed by atoms with van der Waals surface area (Å²) in [7, 11) is 1.67. The van der Waals surface area contributed by atoms with E-state index >= 15 is 0 Å². The van der Waals surface area contributed by atoms with Gasteiger partial charge >= 0.3 is 0 Å². The molecule has 0 radical (unpaired) electrons. The van der Waals surface area contributed by atoms with Gasteiger partial charge in [0.15, 0.2) is 0 Å². The molecule has 1 aliphatic heterocycles. The Morgan fingerprint density at radius 2 is 1.68 bits per heavy atom. The van der Waals surface area contributed by atoms with Crippen LogP contribution in [0.3, 0.4) is 0 Å². The van der Waals surface area contributed by atoms with Crippen LogP contribution in [0.5, 0.6) is 5.75 Å². The number of hydrogen-bond donors (Lipinski definition) is 1. The van der Waals surface area contributed by atoms with Crippen molar-refractivity contribution in [3.05, 3.63) is 71.5 Å². The van der Waals surface area contributed by atoms with Crippen molar-refractivity contribution in [3.63, 3.8) is 0 Å². The number of carbonyl (C=O) groups excluding carboxylic acids is 1. The molecule has 0 atom stereocenters. The molecule has 1 amide bonds.